The van der Waals surface area contributed by atoms with E-state index in [0.29, 0.717) is 24.6 Å². The lowest BCUT2D eigenvalue weighted by molar-refractivity contribution is -0.300. The second-order valence-electron chi connectivity index (χ2n) is 12.5. The van der Waals surface area contributed by atoms with Crippen LogP contribution in [-0.2, 0) is 42.9 Å². The van der Waals surface area contributed by atoms with E-state index in [0.717, 1.165) is 25.7 Å². The van der Waals surface area contributed by atoms with Crippen molar-refractivity contribution in [2.24, 2.45) is 11.8 Å². The van der Waals surface area contributed by atoms with Gasteiger partial charge in [-0.2, -0.15) is 0 Å². The molecule has 16 heteroatoms. The molecule has 4 N–H and O–H groups in total. The predicted octanol–water partition coefficient (Wildman–Crippen LogP) is 2.71. The van der Waals surface area contributed by atoms with Gasteiger partial charge in [0.15, 0.2) is 36.1 Å². The quantitative estimate of drug-likeness (QED) is 0.0946. The van der Waals surface area contributed by atoms with E-state index in [-0.39, 0.29) is 50.0 Å². The molecule has 0 bridgehead atoms. The fourth-order valence-corrected chi connectivity index (χ4v) is 5.77. The van der Waals surface area contributed by atoms with E-state index < -0.39 is 67.2 Å². The van der Waals surface area contributed by atoms with Gasteiger partial charge in [-0.05, 0) is 37.8 Å². The number of allylic oxidation sites excluding steroid dienone is 2. The molecule has 0 aliphatic carbocycles. The number of amides is 3. The third-order valence-electron chi connectivity index (χ3n) is 8.61. The first-order valence-corrected chi connectivity index (χ1v) is 17.4. The number of aliphatic hydroxyl groups is 1. The number of anilines is 1. The lowest BCUT2D eigenvalue weighted by atomic mass is 9.94. The number of hydrogen-bond acceptors (Lipinski definition) is 13. The maximum atomic E-state index is 13.8. The zero-order chi connectivity index (χ0) is 36.8. The minimum atomic E-state index is -1.56. The average Bonchev–Trinajstić information content (AvgIpc) is 3.58. The van der Waals surface area contributed by atoms with Crippen molar-refractivity contribution in [3.8, 4) is 11.5 Å². The van der Waals surface area contributed by atoms with E-state index in [1.807, 2.05) is 13.8 Å². The van der Waals surface area contributed by atoms with Crippen LogP contribution >= 0.6 is 0 Å². The van der Waals surface area contributed by atoms with E-state index in [4.69, 9.17) is 33.2 Å². The topological polar surface area (TPSA) is 206 Å². The van der Waals surface area contributed by atoms with Crippen LogP contribution in [-0.4, -0.2) is 99.3 Å². The molecule has 3 heterocycles. The molecule has 3 amide bonds. The number of esters is 2. The highest BCUT2D eigenvalue weighted by molar-refractivity contribution is 5.86. The molecule has 3 aliphatic heterocycles. The number of carbonyl (C=O) groups is 5. The Morgan fingerprint density at radius 1 is 0.863 bits per heavy atom. The minimum absolute atomic E-state index is 0.0240. The van der Waals surface area contributed by atoms with Crippen molar-refractivity contribution in [3.05, 3.63) is 30.4 Å². The second kappa shape index (κ2) is 19.8. The molecule has 4 rings (SSSR count). The summed E-state index contributed by atoms with van der Waals surface area (Å²) >= 11 is 0. The van der Waals surface area contributed by atoms with Crippen molar-refractivity contribution in [2.45, 2.75) is 95.9 Å². The van der Waals surface area contributed by atoms with E-state index in [1.165, 1.54) is 13.2 Å². The van der Waals surface area contributed by atoms with E-state index in [1.54, 1.807) is 24.3 Å². The van der Waals surface area contributed by atoms with Crippen molar-refractivity contribution in [3.63, 3.8) is 0 Å². The molecule has 0 unspecified atom stereocenters. The highest BCUT2D eigenvalue weighted by Crippen LogP contribution is 2.35. The summed E-state index contributed by atoms with van der Waals surface area (Å²) in [7, 11) is 1.26. The summed E-state index contributed by atoms with van der Waals surface area (Å²) in [6.07, 6.45) is -1.92. The Labute approximate surface area is 296 Å². The Hall–Kier alpha value is -4.41. The van der Waals surface area contributed by atoms with Gasteiger partial charge in [-0.15, -0.1) is 0 Å². The summed E-state index contributed by atoms with van der Waals surface area (Å²) in [4.78, 5) is 66.5. The Morgan fingerprint density at radius 3 is 2.02 bits per heavy atom. The Bertz CT molecular complexity index is 1390. The molecule has 16 nitrogen and oxygen atoms in total. The number of nitrogens with one attached hydrogen (secondary N) is 3. The van der Waals surface area contributed by atoms with Crippen molar-refractivity contribution in [2.75, 3.05) is 38.9 Å². The zero-order valence-corrected chi connectivity index (χ0v) is 29.3. The van der Waals surface area contributed by atoms with Crippen molar-refractivity contribution in [1.82, 2.24) is 10.6 Å². The van der Waals surface area contributed by atoms with Gasteiger partial charge in [0.05, 0.1) is 18.4 Å². The number of hydrogen-bond donors (Lipinski definition) is 4. The number of aliphatic hydroxyl groups excluding tert-OH is 1. The second-order valence-corrected chi connectivity index (χ2v) is 12.5. The largest absolute Gasteiger partial charge is 0.454 e. The number of carbonyl (C=O) groups excluding carboxylic acids is 5. The first-order valence-electron chi connectivity index (χ1n) is 17.4. The van der Waals surface area contributed by atoms with Crippen LogP contribution in [0.2, 0.25) is 0 Å². The highest BCUT2D eigenvalue weighted by Gasteiger charge is 2.53. The number of benzene rings is 1. The third kappa shape index (κ3) is 11.3. The monoisotopic (exact) mass is 719 g/mol. The molecule has 1 fully saturated rings. The molecule has 282 valence electrons. The van der Waals surface area contributed by atoms with Gasteiger partial charge < -0.3 is 48.9 Å². The van der Waals surface area contributed by atoms with Crippen LogP contribution in [0.15, 0.2) is 30.4 Å². The summed E-state index contributed by atoms with van der Waals surface area (Å²) in [6, 6.07) is 4.67. The SMILES string of the molecule is CCCCNC(=O)C[C@@H]1CC=CC[C@@H](CC(=O)NCCCC)C(=O)O[C@@H]2[C@@H](OC)O[C@H](CO)[C@@H](OC(=O)Nc3ccc4c(c3)OCO4)[C@@H]2OC1=O. The maximum absolute atomic E-state index is 13.8. The molecule has 1 aromatic carbocycles. The molecule has 0 spiro atoms. The molecule has 51 heavy (non-hydrogen) atoms. The van der Waals surface area contributed by atoms with Gasteiger partial charge in [0, 0.05) is 44.8 Å². The van der Waals surface area contributed by atoms with Crippen LogP contribution in [0.1, 0.15) is 65.2 Å². The molecule has 0 radical (unpaired) electrons. The molecule has 1 saturated heterocycles. The molecular weight excluding hydrogens is 670 g/mol. The van der Waals surface area contributed by atoms with Gasteiger partial charge in [0.1, 0.15) is 6.10 Å². The first-order chi connectivity index (χ1) is 24.7. The summed E-state index contributed by atoms with van der Waals surface area (Å²) in [5.41, 5.74) is 0.288. The van der Waals surface area contributed by atoms with Crippen molar-refractivity contribution in [1.29, 1.82) is 0 Å². The standard InChI is InChI=1S/C35H49N3O13/c1-4-6-14-36-27(40)16-21-10-8-9-11-22(17-28(41)37-15-7-5-2)33(43)50-31-30(49-32(21)42)29(26(19-39)48-34(31)45-3)51-35(44)38-23-12-13-24-25(18-23)47-20-46-24/h8-9,12-13,18,21-22,26,29-31,34,39H,4-7,10-11,14-17,19-20H2,1-3H3,(H,36,40)(H,37,41)(H,38,44)/t21-,22-,26+,29+,30-,31-,34-/m0/s1. The lowest BCUT2D eigenvalue weighted by Gasteiger charge is -2.44. The highest BCUT2D eigenvalue weighted by atomic mass is 16.7. The maximum Gasteiger partial charge on any atom is 0.412 e. The number of ether oxygens (including phenoxy) is 7. The number of rotatable bonds is 14. The summed E-state index contributed by atoms with van der Waals surface area (Å²) < 4.78 is 39.6. The van der Waals surface area contributed by atoms with Gasteiger partial charge in [0.2, 0.25) is 18.6 Å². The number of methoxy groups -OCH3 is 1. The van der Waals surface area contributed by atoms with Crippen LogP contribution in [0, 0.1) is 11.8 Å². The van der Waals surface area contributed by atoms with Crippen LogP contribution in [0.25, 0.3) is 0 Å². The Balaban J connectivity index is 1.64. The average molecular weight is 720 g/mol. The van der Waals surface area contributed by atoms with Crippen LogP contribution in [0.4, 0.5) is 10.5 Å². The molecule has 3 aliphatic rings. The third-order valence-corrected chi connectivity index (χ3v) is 8.61. The zero-order valence-electron chi connectivity index (χ0n) is 29.3. The molecular formula is C35H49N3O13. The smallest absolute Gasteiger partial charge is 0.412 e. The molecule has 0 saturated carbocycles. The van der Waals surface area contributed by atoms with Crippen LogP contribution < -0.4 is 25.4 Å². The Kier molecular flexibility index (Phi) is 15.3. The minimum Gasteiger partial charge on any atom is -0.454 e. The predicted molar refractivity (Wildman–Crippen MR) is 179 cm³/mol. The Morgan fingerprint density at radius 2 is 1.45 bits per heavy atom. The first kappa shape index (κ1) is 39.4. The van der Waals surface area contributed by atoms with E-state index in [2.05, 4.69) is 16.0 Å². The van der Waals surface area contributed by atoms with Crippen molar-refractivity contribution < 1.29 is 62.2 Å². The number of fused-ring (bicyclic) bond motifs is 2. The van der Waals surface area contributed by atoms with Gasteiger partial charge >= 0.3 is 18.0 Å². The van der Waals surface area contributed by atoms with Crippen LogP contribution in [0.3, 0.4) is 0 Å². The summed E-state index contributed by atoms with van der Waals surface area (Å²) in [6.45, 7) is 4.19. The molecule has 0 aromatic heterocycles. The van der Waals surface area contributed by atoms with Gasteiger partial charge in [-0.3, -0.25) is 24.5 Å². The van der Waals surface area contributed by atoms with Gasteiger partial charge in [0.25, 0.3) is 0 Å². The molecule has 7 atom stereocenters. The fraction of sp³-hybridized carbons (Fsp3) is 0.629. The van der Waals surface area contributed by atoms with E-state index in [9.17, 15) is 29.1 Å². The number of unbranched alkanes of at least 4 members (excludes halogenated alkanes) is 2. The van der Waals surface area contributed by atoms with Crippen LogP contribution in [0.5, 0.6) is 11.5 Å². The fourth-order valence-electron chi connectivity index (χ4n) is 5.77. The van der Waals surface area contributed by atoms with E-state index >= 15 is 0 Å². The lowest BCUT2D eigenvalue weighted by Crippen LogP contribution is -2.63. The molecule has 1 aromatic rings. The normalized spacial score (nSPS) is 26.0. The van der Waals surface area contributed by atoms with Crippen molar-refractivity contribution >= 4 is 35.5 Å². The summed E-state index contributed by atoms with van der Waals surface area (Å²) in [5, 5.41) is 18.5. The van der Waals surface area contributed by atoms with Gasteiger partial charge in [-0.1, -0.05) is 38.8 Å². The summed E-state index contributed by atoms with van der Waals surface area (Å²) in [5.74, 6) is -3.38. The van der Waals surface area contributed by atoms with Gasteiger partial charge in [-0.25, -0.2) is 4.79 Å².